The molecule has 1 aromatic heterocycles. The van der Waals surface area contributed by atoms with Crippen LogP contribution in [0.2, 0.25) is 0 Å². The molecule has 0 spiro atoms. The number of nitrogens with zero attached hydrogens (tertiary/aromatic N) is 3. The maximum Gasteiger partial charge on any atom is 0.0522 e. The molecule has 49 valence electrons. The van der Waals surface area contributed by atoms with E-state index in [-0.39, 0.29) is 0 Å². The average Bonchev–Trinajstić information content (AvgIpc) is 2.34. The van der Waals surface area contributed by atoms with Crippen molar-refractivity contribution in [3.05, 3.63) is 25.5 Å². The fourth-order valence-corrected chi connectivity index (χ4v) is 0.606. The number of hydrogen-bond acceptors (Lipinski definition) is 1. The Labute approximate surface area is 54.7 Å². The van der Waals surface area contributed by atoms with E-state index in [1.54, 1.807) is 6.20 Å². The maximum absolute atomic E-state index is 3.98. The average molecular weight is 123 g/mol. The lowest BCUT2D eigenvalue weighted by atomic mass is 10.6. The van der Waals surface area contributed by atoms with Gasteiger partial charge in [-0.25, -0.2) is 0 Å². The van der Waals surface area contributed by atoms with E-state index >= 15 is 0 Å². The van der Waals surface area contributed by atoms with Crippen molar-refractivity contribution in [3.8, 4) is 0 Å². The van der Waals surface area contributed by atoms with Gasteiger partial charge in [-0.2, -0.15) is 5.10 Å². The van der Waals surface area contributed by atoms with Gasteiger partial charge in [-0.15, -0.1) is 0 Å². The molecule has 0 aliphatic rings. The second-order valence-corrected chi connectivity index (χ2v) is 1.72. The summed E-state index contributed by atoms with van der Waals surface area (Å²) in [6.07, 6.45) is 3.66. The van der Waals surface area contributed by atoms with Crippen molar-refractivity contribution in [2.24, 2.45) is 0 Å². The quantitative estimate of drug-likeness (QED) is 0.531. The van der Waals surface area contributed by atoms with Crippen molar-refractivity contribution in [3.63, 3.8) is 0 Å². The van der Waals surface area contributed by atoms with Gasteiger partial charge in [-0.1, -0.05) is 0 Å². The van der Waals surface area contributed by atoms with Crippen molar-refractivity contribution in [1.29, 1.82) is 0 Å². The summed E-state index contributed by atoms with van der Waals surface area (Å²) >= 11 is 0. The Morgan fingerprint density at radius 1 is 1.67 bits per heavy atom. The minimum atomic E-state index is 0.738. The maximum atomic E-state index is 3.98. The zero-order valence-corrected chi connectivity index (χ0v) is 5.20. The first-order valence-corrected chi connectivity index (χ1v) is 2.83. The zero-order valence-electron chi connectivity index (χ0n) is 5.20. The van der Waals surface area contributed by atoms with Gasteiger partial charge in [0.05, 0.1) is 6.54 Å². The molecule has 3 heteroatoms. The Morgan fingerprint density at radius 2 is 2.56 bits per heavy atom. The van der Waals surface area contributed by atoms with Crippen LogP contribution in [0, 0.1) is 7.05 Å². The molecule has 0 fully saturated rings. The van der Waals surface area contributed by atoms with Gasteiger partial charge < -0.3 is 5.32 Å². The Bertz CT molecular complexity index is 145. The van der Waals surface area contributed by atoms with Gasteiger partial charge >= 0.3 is 0 Å². The topological polar surface area (TPSA) is 31.9 Å². The molecule has 0 unspecified atom stereocenters. The van der Waals surface area contributed by atoms with E-state index in [4.69, 9.17) is 0 Å². The molecule has 0 aliphatic heterocycles. The van der Waals surface area contributed by atoms with E-state index in [2.05, 4.69) is 17.5 Å². The number of aromatic nitrogens is 2. The predicted octanol–water partition coefficient (Wildman–Crippen LogP) is 0.279. The Hall–Kier alpha value is -0.830. The van der Waals surface area contributed by atoms with Gasteiger partial charge in [0.1, 0.15) is 0 Å². The summed E-state index contributed by atoms with van der Waals surface area (Å²) in [4.78, 5) is 0. The molecule has 0 amide bonds. The van der Waals surface area contributed by atoms with E-state index in [1.165, 1.54) is 0 Å². The number of rotatable bonds is 3. The van der Waals surface area contributed by atoms with Crippen molar-refractivity contribution in [1.82, 2.24) is 15.1 Å². The third kappa shape index (κ3) is 1.85. The molecular weight excluding hydrogens is 114 g/mol. The fraction of sp³-hybridized carbons (Fsp3) is 0.333. The lowest BCUT2D eigenvalue weighted by Gasteiger charge is -2.00. The van der Waals surface area contributed by atoms with Crippen LogP contribution >= 0.6 is 0 Å². The number of hydrogen-bond donors (Lipinski definition) is 0. The molecule has 1 radical (unpaired) electrons. The minimum Gasteiger partial charge on any atom is -0.423 e. The molecule has 1 rings (SSSR count). The smallest absolute Gasteiger partial charge is 0.0522 e. The molecule has 0 N–H and O–H groups in total. The first-order valence-electron chi connectivity index (χ1n) is 2.83. The highest BCUT2D eigenvalue weighted by Gasteiger charge is 1.83. The summed E-state index contributed by atoms with van der Waals surface area (Å²) in [6, 6.07) is 1.89. The van der Waals surface area contributed by atoms with Crippen LogP contribution < -0.4 is 5.32 Å². The molecule has 0 aliphatic carbocycles. The molecule has 3 nitrogen and oxygen atoms in total. The first-order chi connectivity index (χ1) is 4.43. The van der Waals surface area contributed by atoms with E-state index in [9.17, 15) is 0 Å². The summed E-state index contributed by atoms with van der Waals surface area (Å²) in [6.45, 7) is 1.57. The lowest BCUT2D eigenvalue weighted by molar-refractivity contribution is 0.590. The third-order valence-electron chi connectivity index (χ3n) is 1.05. The Balaban J connectivity index is 2.30. The first kappa shape index (κ1) is 6.29. The molecule has 0 bridgehead atoms. The SMILES string of the molecule is [CH2-][N]CCn1cccn1. The van der Waals surface area contributed by atoms with Gasteiger partial charge in [0.25, 0.3) is 0 Å². The predicted molar refractivity (Wildman–Crippen MR) is 34.6 cm³/mol. The summed E-state index contributed by atoms with van der Waals surface area (Å²) in [5.74, 6) is 0. The van der Waals surface area contributed by atoms with E-state index in [0.717, 1.165) is 13.1 Å². The van der Waals surface area contributed by atoms with Crippen LogP contribution in [-0.4, -0.2) is 16.3 Å². The van der Waals surface area contributed by atoms with Gasteiger partial charge in [-0.05, 0) is 12.6 Å². The molecule has 0 saturated carbocycles. The second kappa shape index (κ2) is 3.25. The summed E-state index contributed by atoms with van der Waals surface area (Å²) in [5, 5.41) is 7.68. The monoisotopic (exact) mass is 123 g/mol. The van der Waals surface area contributed by atoms with Gasteiger partial charge in [0, 0.05) is 12.4 Å². The van der Waals surface area contributed by atoms with Crippen LogP contribution in [-0.2, 0) is 6.54 Å². The van der Waals surface area contributed by atoms with E-state index < -0.39 is 0 Å². The largest absolute Gasteiger partial charge is 0.423 e. The fourth-order valence-electron chi connectivity index (χ4n) is 0.606. The van der Waals surface area contributed by atoms with Crippen LogP contribution in [0.15, 0.2) is 18.5 Å². The summed E-state index contributed by atoms with van der Waals surface area (Å²) < 4.78 is 1.83. The van der Waals surface area contributed by atoms with E-state index in [1.807, 2.05) is 16.9 Å². The lowest BCUT2D eigenvalue weighted by Crippen LogP contribution is -2.08. The molecule has 1 aromatic rings. The highest BCUT2D eigenvalue weighted by atomic mass is 15.3. The highest BCUT2D eigenvalue weighted by molar-refractivity contribution is 4.77. The van der Waals surface area contributed by atoms with Crippen molar-refractivity contribution >= 4 is 0 Å². The normalized spacial score (nSPS) is 9.89. The van der Waals surface area contributed by atoms with Gasteiger partial charge in [-0.3, -0.25) is 11.7 Å². The standard InChI is InChI=1S/C6H9N3/c1-7-4-6-9-5-2-3-8-9/h2-3,5H,1,4,6H2/q-1. The summed E-state index contributed by atoms with van der Waals surface area (Å²) in [5.41, 5.74) is 0. The Morgan fingerprint density at radius 3 is 3.11 bits per heavy atom. The van der Waals surface area contributed by atoms with Crippen molar-refractivity contribution in [2.45, 2.75) is 6.54 Å². The van der Waals surface area contributed by atoms with Gasteiger partial charge in [0.2, 0.25) is 0 Å². The van der Waals surface area contributed by atoms with Crippen molar-refractivity contribution in [2.75, 3.05) is 6.54 Å². The Kier molecular flexibility index (Phi) is 2.27. The van der Waals surface area contributed by atoms with Crippen LogP contribution in [0.5, 0.6) is 0 Å². The van der Waals surface area contributed by atoms with Crippen LogP contribution in [0.3, 0.4) is 0 Å². The molecule has 0 atom stereocenters. The molecule has 0 saturated heterocycles. The molecule has 1 heterocycles. The third-order valence-corrected chi connectivity index (χ3v) is 1.05. The molecule has 9 heavy (non-hydrogen) atoms. The summed E-state index contributed by atoms with van der Waals surface area (Å²) in [7, 11) is 3.37. The second-order valence-electron chi connectivity index (χ2n) is 1.72. The minimum absolute atomic E-state index is 0.738. The molecule has 0 aromatic carbocycles. The van der Waals surface area contributed by atoms with Crippen molar-refractivity contribution < 1.29 is 0 Å². The van der Waals surface area contributed by atoms with Crippen LogP contribution in [0.4, 0.5) is 0 Å². The van der Waals surface area contributed by atoms with E-state index in [0.29, 0.717) is 0 Å². The zero-order chi connectivity index (χ0) is 6.53. The van der Waals surface area contributed by atoms with Gasteiger partial charge in [0.15, 0.2) is 0 Å². The van der Waals surface area contributed by atoms with Crippen LogP contribution in [0.1, 0.15) is 0 Å². The highest BCUT2D eigenvalue weighted by Crippen LogP contribution is 1.81. The molecular formula is C6H9N3-. The van der Waals surface area contributed by atoms with Crippen LogP contribution in [0.25, 0.3) is 0 Å².